The number of nitrogens with two attached hydrogens (primary N) is 1. The van der Waals surface area contributed by atoms with Crippen LogP contribution in [-0.2, 0) is 0 Å². The van der Waals surface area contributed by atoms with Gasteiger partial charge in [-0.2, -0.15) is 0 Å². The van der Waals surface area contributed by atoms with Crippen molar-refractivity contribution in [2.45, 2.75) is 0 Å². The van der Waals surface area contributed by atoms with Crippen molar-refractivity contribution < 1.29 is 5.11 Å². The quantitative estimate of drug-likeness (QED) is 0.503. The van der Waals surface area contributed by atoms with Crippen LogP contribution in [0.1, 0.15) is 5.69 Å². The van der Waals surface area contributed by atoms with E-state index in [4.69, 9.17) is 17.3 Å². The lowest BCUT2D eigenvalue weighted by Crippen LogP contribution is -1.91. The van der Waals surface area contributed by atoms with Crippen molar-refractivity contribution in [1.29, 1.82) is 0 Å². The Morgan fingerprint density at radius 3 is 2.80 bits per heavy atom. The molecule has 0 atom stereocenters. The smallest absolute Gasteiger partial charge is 0.157 e. The molecule has 1 aromatic rings. The standard InChI is InChI=1S/C7H6N2O/c1-2-5-6(10)3-4-7(8)9-5/h1,3-4,10H,(H2,8,9). The normalized spacial score (nSPS) is 8.70. The number of hydrogen-bond acceptors (Lipinski definition) is 3. The fourth-order valence-corrected chi connectivity index (χ4v) is 0.573. The molecular weight excluding hydrogens is 128 g/mol. The Bertz CT molecular complexity index is 288. The Labute approximate surface area is 58.5 Å². The van der Waals surface area contributed by atoms with E-state index in [1.165, 1.54) is 12.1 Å². The van der Waals surface area contributed by atoms with Gasteiger partial charge >= 0.3 is 0 Å². The second kappa shape index (κ2) is 2.28. The topological polar surface area (TPSA) is 59.1 Å². The molecule has 0 fully saturated rings. The van der Waals surface area contributed by atoms with Crippen LogP contribution in [0.3, 0.4) is 0 Å². The molecule has 3 nitrogen and oxygen atoms in total. The van der Waals surface area contributed by atoms with Crippen molar-refractivity contribution >= 4 is 5.82 Å². The fraction of sp³-hybridized carbons (Fsp3) is 0. The minimum atomic E-state index is -0.0169. The Balaban J connectivity index is 3.25. The molecule has 1 heterocycles. The average molecular weight is 134 g/mol. The van der Waals surface area contributed by atoms with Crippen LogP contribution in [0.25, 0.3) is 0 Å². The summed E-state index contributed by atoms with van der Waals surface area (Å²) in [5.74, 6) is 2.49. The first kappa shape index (κ1) is 6.43. The summed E-state index contributed by atoms with van der Waals surface area (Å²) in [6.07, 6.45) is 4.99. The second-order valence-corrected chi connectivity index (χ2v) is 1.75. The minimum Gasteiger partial charge on any atom is -0.505 e. The van der Waals surface area contributed by atoms with E-state index in [9.17, 15) is 0 Å². The van der Waals surface area contributed by atoms with Crippen LogP contribution in [0.4, 0.5) is 5.82 Å². The molecule has 1 aromatic heterocycles. The monoisotopic (exact) mass is 134 g/mol. The van der Waals surface area contributed by atoms with Crippen LogP contribution in [0.2, 0.25) is 0 Å². The van der Waals surface area contributed by atoms with Gasteiger partial charge in [-0.1, -0.05) is 0 Å². The molecule has 3 N–H and O–H groups in total. The minimum absolute atomic E-state index is 0.0169. The SMILES string of the molecule is C#Cc1nc(N)ccc1O. The predicted octanol–water partition coefficient (Wildman–Crippen LogP) is 0.351. The molecule has 0 amide bonds. The lowest BCUT2D eigenvalue weighted by molar-refractivity contribution is 0.471. The number of hydrogen-bond donors (Lipinski definition) is 2. The van der Waals surface area contributed by atoms with E-state index in [2.05, 4.69) is 10.9 Å². The highest BCUT2D eigenvalue weighted by atomic mass is 16.3. The molecule has 0 bridgehead atoms. The molecule has 1 rings (SSSR count). The van der Waals surface area contributed by atoms with Gasteiger partial charge in [0, 0.05) is 0 Å². The summed E-state index contributed by atoms with van der Waals surface area (Å²) in [5, 5.41) is 8.97. The maximum Gasteiger partial charge on any atom is 0.157 e. The van der Waals surface area contributed by atoms with Gasteiger partial charge in [0.25, 0.3) is 0 Å². The summed E-state index contributed by atoms with van der Waals surface area (Å²) in [6.45, 7) is 0. The highest BCUT2D eigenvalue weighted by Crippen LogP contribution is 2.13. The Morgan fingerprint density at radius 2 is 2.30 bits per heavy atom. The van der Waals surface area contributed by atoms with Crippen LogP contribution >= 0.6 is 0 Å². The van der Waals surface area contributed by atoms with Gasteiger partial charge in [-0.25, -0.2) is 4.98 Å². The second-order valence-electron chi connectivity index (χ2n) is 1.75. The van der Waals surface area contributed by atoms with Crippen molar-refractivity contribution in [3.05, 3.63) is 17.8 Å². The maximum atomic E-state index is 8.97. The Hall–Kier alpha value is -1.69. The summed E-state index contributed by atoms with van der Waals surface area (Å²) < 4.78 is 0. The van der Waals surface area contributed by atoms with Crippen LogP contribution < -0.4 is 5.73 Å². The molecule has 10 heavy (non-hydrogen) atoms. The van der Waals surface area contributed by atoms with Crippen LogP contribution in [0, 0.1) is 12.3 Å². The van der Waals surface area contributed by atoms with E-state index >= 15 is 0 Å². The number of aromatic nitrogens is 1. The van der Waals surface area contributed by atoms with Crippen LogP contribution in [-0.4, -0.2) is 10.1 Å². The van der Waals surface area contributed by atoms with Crippen molar-refractivity contribution in [3.63, 3.8) is 0 Å². The molecule has 0 aliphatic rings. The lowest BCUT2D eigenvalue weighted by Gasteiger charge is -1.95. The molecule has 0 saturated heterocycles. The Morgan fingerprint density at radius 1 is 1.60 bits per heavy atom. The Kier molecular flexibility index (Phi) is 1.46. The van der Waals surface area contributed by atoms with Crippen molar-refractivity contribution in [2.75, 3.05) is 5.73 Å². The zero-order valence-corrected chi connectivity index (χ0v) is 5.20. The summed E-state index contributed by atoms with van der Waals surface area (Å²) in [4.78, 5) is 3.68. The molecule has 0 aliphatic heterocycles. The van der Waals surface area contributed by atoms with E-state index in [0.717, 1.165) is 0 Å². The van der Waals surface area contributed by atoms with Gasteiger partial charge < -0.3 is 10.8 Å². The van der Waals surface area contributed by atoms with Crippen molar-refractivity contribution in [3.8, 4) is 18.1 Å². The summed E-state index contributed by atoms with van der Waals surface area (Å²) in [7, 11) is 0. The number of rotatable bonds is 0. The molecular formula is C7H6N2O. The highest BCUT2D eigenvalue weighted by molar-refractivity contribution is 5.44. The zero-order chi connectivity index (χ0) is 7.56. The molecule has 0 aliphatic carbocycles. The first-order valence-electron chi connectivity index (χ1n) is 2.66. The van der Waals surface area contributed by atoms with Gasteiger partial charge in [0.2, 0.25) is 0 Å². The van der Waals surface area contributed by atoms with Gasteiger partial charge in [-0.15, -0.1) is 6.42 Å². The molecule has 0 unspecified atom stereocenters. The maximum absolute atomic E-state index is 8.97. The van der Waals surface area contributed by atoms with Gasteiger partial charge in [0.05, 0.1) is 0 Å². The third-order valence-electron chi connectivity index (χ3n) is 1.03. The number of terminal acetylenes is 1. The van der Waals surface area contributed by atoms with Gasteiger partial charge in [0.15, 0.2) is 5.69 Å². The van der Waals surface area contributed by atoms with E-state index in [1.54, 1.807) is 0 Å². The van der Waals surface area contributed by atoms with Gasteiger partial charge in [-0.3, -0.25) is 0 Å². The van der Waals surface area contributed by atoms with Crippen molar-refractivity contribution in [1.82, 2.24) is 4.98 Å². The fourth-order valence-electron chi connectivity index (χ4n) is 0.573. The summed E-state index contributed by atoms with van der Waals surface area (Å²) in [6, 6.07) is 2.90. The number of anilines is 1. The van der Waals surface area contributed by atoms with E-state index in [0.29, 0.717) is 5.82 Å². The molecule has 0 aromatic carbocycles. The summed E-state index contributed by atoms with van der Waals surface area (Å²) >= 11 is 0. The first-order valence-corrected chi connectivity index (χ1v) is 2.66. The largest absolute Gasteiger partial charge is 0.505 e. The van der Waals surface area contributed by atoms with E-state index in [-0.39, 0.29) is 11.4 Å². The third kappa shape index (κ3) is 1.00. The number of nitrogen functional groups attached to an aromatic ring is 1. The third-order valence-corrected chi connectivity index (χ3v) is 1.03. The first-order chi connectivity index (χ1) is 4.74. The number of pyridine rings is 1. The molecule has 3 heteroatoms. The average Bonchev–Trinajstić information content (AvgIpc) is 1.94. The van der Waals surface area contributed by atoms with Gasteiger partial charge in [-0.05, 0) is 18.1 Å². The van der Waals surface area contributed by atoms with Crippen LogP contribution in [0.5, 0.6) is 5.75 Å². The molecule has 0 saturated carbocycles. The molecule has 0 spiro atoms. The highest BCUT2D eigenvalue weighted by Gasteiger charge is 1.97. The van der Waals surface area contributed by atoms with Crippen molar-refractivity contribution in [2.24, 2.45) is 0 Å². The molecule has 0 radical (unpaired) electrons. The zero-order valence-electron chi connectivity index (χ0n) is 5.20. The molecule has 50 valence electrons. The van der Waals surface area contributed by atoms with Gasteiger partial charge in [0.1, 0.15) is 11.6 Å². The number of aromatic hydroxyl groups is 1. The lowest BCUT2D eigenvalue weighted by atomic mass is 10.3. The van der Waals surface area contributed by atoms with E-state index < -0.39 is 0 Å². The van der Waals surface area contributed by atoms with Crippen LogP contribution in [0.15, 0.2) is 12.1 Å². The summed E-state index contributed by atoms with van der Waals surface area (Å²) in [5.41, 5.74) is 5.47. The number of nitrogens with zero attached hydrogens (tertiary/aromatic N) is 1. The van der Waals surface area contributed by atoms with E-state index in [1.807, 2.05) is 0 Å². The predicted molar refractivity (Wildman–Crippen MR) is 38.2 cm³/mol.